The van der Waals surface area contributed by atoms with Crippen LogP contribution in [0.15, 0.2) is 15.4 Å². The molecule has 0 aliphatic heterocycles. The highest BCUT2D eigenvalue weighted by Gasteiger charge is 2.20. The molecule has 0 fully saturated rings. The predicted octanol–water partition coefficient (Wildman–Crippen LogP) is 2.75. The maximum Gasteiger partial charge on any atom is 0.259 e. The molecule has 0 saturated carbocycles. The van der Waals surface area contributed by atoms with E-state index in [9.17, 15) is 4.79 Å². The van der Waals surface area contributed by atoms with Gasteiger partial charge in [-0.3, -0.25) is 4.79 Å². The van der Waals surface area contributed by atoms with Gasteiger partial charge in [0.15, 0.2) is 5.89 Å². The Kier molecular flexibility index (Phi) is 2.92. The van der Waals surface area contributed by atoms with Crippen molar-refractivity contribution in [2.45, 2.75) is 39.0 Å². The lowest BCUT2D eigenvalue weighted by atomic mass is 9.97. The van der Waals surface area contributed by atoms with Gasteiger partial charge in [-0.05, 0) is 31.2 Å². The molecule has 0 spiro atoms. The predicted molar refractivity (Wildman–Crippen MR) is 80.9 cm³/mol. The van der Waals surface area contributed by atoms with Crippen molar-refractivity contribution >= 4 is 21.6 Å². The minimum Gasteiger partial charge on any atom is -0.446 e. The van der Waals surface area contributed by atoms with Gasteiger partial charge in [0, 0.05) is 11.8 Å². The van der Waals surface area contributed by atoms with Crippen LogP contribution in [0.25, 0.3) is 10.2 Å². The first-order valence-electron chi connectivity index (χ1n) is 7.15. The van der Waals surface area contributed by atoms with E-state index < -0.39 is 0 Å². The van der Waals surface area contributed by atoms with Gasteiger partial charge in [-0.1, -0.05) is 0 Å². The lowest BCUT2D eigenvalue weighted by molar-refractivity contribution is 0.481. The zero-order valence-corrected chi connectivity index (χ0v) is 12.5. The Morgan fingerprint density at radius 1 is 1.38 bits per heavy atom. The van der Waals surface area contributed by atoms with Crippen LogP contribution in [0.3, 0.4) is 0 Å². The van der Waals surface area contributed by atoms with Crippen molar-refractivity contribution in [2.24, 2.45) is 0 Å². The van der Waals surface area contributed by atoms with Gasteiger partial charge < -0.3 is 9.40 Å². The van der Waals surface area contributed by atoms with E-state index in [4.69, 9.17) is 4.42 Å². The lowest BCUT2D eigenvalue weighted by Gasteiger charge is -2.09. The molecule has 0 saturated heterocycles. The van der Waals surface area contributed by atoms with Gasteiger partial charge in [0.1, 0.15) is 16.4 Å². The van der Waals surface area contributed by atoms with Crippen LogP contribution < -0.4 is 5.56 Å². The summed E-state index contributed by atoms with van der Waals surface area (Å²) in [5, 5.41) is 0.798. The van der Waals surface area contributed by atoms with E-state index in [1.807, 2.05) is 0 Å². The van der Waals surface area contributed by atoms with Crippen LogP contribution in [0.2, 0.25) is 0 Å². The first-order valence-corrected chi connectivity index (χ1v) is 7.97. The molecule has 108 valence electrons. The SMILES string of the molecule is Cc1ncc(Cc2nc3sc4c(c3c(=O)[nH]2)CCCC4)o1. The monoisotopic (exact) mass is 301 g/mol. The minimum absolute atomic E-state index is 0.0226. The number of oxazole rings is 1. The number of aromatic amines is 1. The van der Waals surface area contributed by atoms with Crippen LogP contribution in [0.4, 0.5) is 0 Å². The van der Waals surface area contributed by atoms with E-state index in [0.717, 1.165) is 35.2 Å². The molecule has 0 aromatic carbocycles. The molecule has 1 aliphatic rings. The van der Waals surface area contributed by atoms with Crippen molar-refractivity contribution in [1.29, 1.82) is 0 Å². The minimum atomic E-state index is -0.0226. The fraction of sp³-hybridized carbons (Fsp3) is 0.400. The highest BCUT2D eigenvalue weighted by atomic mass is 32.1. The summed E-state index contributed by atoms with van der Waals surface area (Å²) in [4.78, 5) is 26.2. The van der Waals surface area contributed by atoms with E-state index in [2.05, 4.69) is 15.0 Å². The maximum absolute atomic E-state index is 12.4. The van der Waals surface area contributed by atoms with Crippen LogP contribution >= 0.6 is 11.3 Å². The summed E-state index contributed by atoms with van der Waals surface area (Å²) in [6, 6.07) is 0. The van der Waals surface area contributed by atoms with Crippen molar-refractivity contribution in [1.82, 2.24) is 15.0 Å². The van der Waals surface area contributed by atoms with Crippen molar-refractivity contribution in [2.75, 3.05) is 0 Å². The highest BCUT2D eigenvalue weighted by Crippen LogP contribution is 2.33. The van der Waals surface area contributed by atoms with E-state index in [1.165, 1.54) is 16.9 Å². The summed E-state index contributed by atoms with van der Waals surface area (Å²) < 4.78 is 5.45. The van der Waals surface area contributed by atoms with Crippen molar-refractivity contribution in [3.63, 3.8) is 0 Å². The molecule has 5 nitrogen and oxygen atoms in total. The molecule has 3 aromatic heterocycles. The van der Waals surface area contributed by atoms with Gasteiger partial charge in [-0.2, -0.15) is 0 Å². The van der Waals surface area contributed by atoms with Gasteiger partial charge in [-0.15, -0.1) is 11.3 Å². The molecule has 0 unspecified atom stereocenters. The first-order chi connectivity index (χ1) is 10.2. The standard InChI is InChI=1S/C15H15N3O2S/c1-8-16-7-9(20-8)6-12-17-14(19)13-10-4-2-3-5-11(10)21-15(13)18-12/h7H,2-6H2,1H3,(H,17,18,19). The van der Waals surface area contributed by atoms with Crippen LogP contribution in [-0.2, 0) is 19.3 Å². The van der Waals surface area contributed by atoms with E-state index in [-0.39, 0.29) is 5.56 Å². The van der Waals surface area contributed by atoms with Gasteiger partial charge in [0.05, 0.1) is 18.0 Å². The number of fused-ring (bicyclic) bond motifs is 3. The van der Waals surface area contributed by atoms with E-state index >= 15 is 0 Å². The second-order valence-electron chi connectivity index (χ2n) is 5.43. The summed E-state index contributed by atoms with van der Waals surface area (Å²) >= 11 is 1.67. The molecular formula is C15H15N3O2S. The summed E-state index contributed by atoms with van der Waals surface area (Å²) in [5.74, 6) is 1.98. The Morgan fingerprint density at radius 3 is 3.05 bits per heavy atom. The van der Waals surface area contributed by atoms with Gasteiger partial charge >= 0.3 is 0 Å². The van der Waals surface area contributed by atoms with Gasteiger partial charge in [0.2, 0.25) is 0 Å². The molecule has 3 aromatic rings. The maximum atomic E-state index is 12.4. The fourth-order valence-electron chi connectivity index (χ4n) is 2.94. The topological polar surface area (TPSA) is 71.8 Å². The highest BCUT2D eigenvalue weighted by molar-refractivity contribution is 7.18. The summed E-state index contributed by atoms with van der Waals surface area (Å²) in [6.45, 7) is 1.80. The second-order valence-corrected chi connectivity index (χ2v) is 6.51. The normalized spacial score (nSPS) is 14.5. The molecule has 6 heteroatoms. The number of H-pyrrole nitrogens is 1. The third kappa shape index (κ3) is 2.19. The molecule has 1 N–H and O–H groups in total. The van der Waals surface area contributed by atoms with E-state index in [0.29, 0.717) is 18.1 Å². The number of rotatable bonds is 2. The molecule has 0 bridgehead atoms. The smallest absolute Gasteiger partial charge is 0.259 e. The molecule has 4 rings (SSSR count). The number of nitrogens with zero attached hydrogens (tertiary/aromatic N) is 2. The molecule has 0 amide bonds. The van der Waals surface area contributed by atoms with Crippen LogP contribution in [0, 0.1) is 6.92 Å². The average molecular weight is 301 g/mol. The van der Waals surface area contributed by atoms with Crippen molar-refractivity contribution in [3.05, 3.63) is 44.5 Å². The van der Waals surface area contributed by atoms with Crippen LogP contribution in [0.5, 0.6) is 0 Å². The molecule has 21 heavy (non-hydrogen) atoms. The number of hydrogen-bond donors (Lipinski definition) is 1. The number of aryl methyl sites for hydroxylation is 3. The van der Waals surface area contributed by atoms with Gasteiger partial charge in [0.25, 0.3) is 5.56 Å². The molecule has 0 radical (unpaired) electrons. The summed E-state index contributed by atoms with van der Waals surface area (Å²) in [7, 11) is 0. The molecule has 1 aliphatic carbocycles. The number of thiophene rings is 1. The van der Waals surface area contributed by atoms with Crippen molar-refractivity contribution < 1.29 is 4.42 Å². The first kappa shape index (κ1) is 12.8. The lowest BCUT2D eigenvalue weighted by Crippen LogP contribution is -2.13. The van der Waals surface area contributed by atoms with Crippen LogP contribution in [0.1, 0.15) is 40.8 Å². The second kappa shape index (κ2) is 4.80. The molecular weight excluding hydrogens is 286 g/mol. The average Bonchev–Trinajstić information content (AvgIpc) is 3.02. The Morgan fingerprint density at radius 2 is 2.24 bits per heavy atom. The zero-order chi connectivity index (χ0) is 14.4. The Labute approximate surface area is 125 Å². The number of nitrogens with one attached hydrogen (secondary N) is 1. The summed E-state index contributed by atoms with van der Waals surface area (Å²) in [6.07, 6.45) is 6.60. The Balaban J connectivity index is 1.80. The van der Waals surface area contributed by atoms with Gasteiger partial charge in [-0.25, -0.2) is 9.97 Å². The third-order valence-corrected chi connectivity index (χ3v) is 5.07. The largest absolute Gasteiger partial charge is 0.446 e. The Hall–Kier alpha value is -1.95. The molecule has 0 atom stereocenters. The zero-order valence-electron chi connectivity index (χ0n) is 11.7. The quantitative estimate of drug-likeness (QED) is 0.790. The summed E-state index contributed by atoms with van der Waals surface area (Å²) in [5.41, 5.74) is 1.20. The van der Waals surface area contributed by atoms with Crippen LogP contribution in [-0.4, -0.2) is 15.0 Å². The van der Waals surface area contributed by atoms with E-state index in [1.54, 1.807) is 24.5 Å². The fourth-order valence-corrected chi connectivity index (χ4v) is 4.23. The Bertz CT molecular complexity index is 875. The number of hydrogen-bond acceptors (Lipinski definition) is 5. The van der Waals surface area contributed by atoms with Crippen molar-refractivity contribution in [3.8, 4) is 0 Å². The number of aromatic nitrogens is 3. The third-order valence-electron chi connectivity index (χ3n) is 3.88. The molecule has 3 heterocycles.